The van der Waals surface area contributed by atoms with E-state index in [2.05, 4.69) is 79.9 Å². The van der Waals surface area contributed by atoms with Gasteiger partial charge < -0.3 is 28.8 Å². The molecule has 0 aliphatic carbocycles. The number of phosphoric ester groups is 1. The molecule has 0 fully saturated rings. The molecule has 73 heavy (non-hydrogen) atoms. The Kier molecular flexibility index (Phi) is 53.2. The van der Waals surface area contributed by atoms with Crippen LogP contribution in [0.4, 0.5) is 0 Å². The van der Waals surface area contributed by atoms with Crippen molar-refractivity contribution < 1.29 is 32.9 Å². The maximum absolute atomic E-state index is 13.0. The van der Waals surface area contributed by atoms with Crippen LogP contribution in [0.25, 0.3) is 0 Å². The van der Waals surface area contributed by atoms with Crippen LogP contribution in [-0.4, -0.2) is 68.5 Å². The number of aliphatic hydroxyl groups excluding tert-OH is 1. The molecule has 3 atom stereocenters. The molecular formula is C64H119N2O6P. The monoisotopic (exact) mass is 1040 g/mol. The molecule has 0 aromatic heterocycles. The third-order valence-electron chi connectivity index (χ3n) is 13.7. The van der Waals surface area contributed by atoms with Gasteiger partial charge in [0.1, 0.15) is 13.2 Å². The van der Waals surface area contributed by atoms with Crippen molar-refractivity contribution in [3.05, 3.63) is 72.9 Å². The molecule has 0 radical (unpaired) electrons. The summed E-state index contributed by atoms with van der Waals surface area (Å²) in [6, 6.07) is -0.903. The molecule has 8 nitrogen and oxygen atoms in total. The summed E-state index contributed by atoms with van der Waals surface area (Å²) < 4.78 is 23.4. The van der Waals surface area contributed by atoms with Crippen LogP contribution in [0.15, 0.2) is 72.9 Å². The predicted molar refractivity (Wildman–Crippen MR) is 316 cm³/mol. The lowest BCUT2D eigenvalue weighted by molar-refractivity contribution is -0.870. The molecule has 0 saturated heterocycles. The second kappa shape index (κ2) is 54.7. The Balaban J connectivity index is 4.17. The van der Waals surface area contributed by atoms with E-state index >= 15 is 0 Å². The van der Waals surface area contributed by atoms with E-state index in [9.17, 15) is 19.4 Å². The molecule has 2 N–H and O–H groups in total. The Hall–Kier alpha value is -2.06. The average Bonchev–Trinajstić information content (AvgIpc) is 3.35. The zero-order valence-electron chi connectivity index (χ0n) is 48.6. The van der Waals surface area contributed by atoms with Gasteiger partial charge in [0.05, 0.1) is 39.9 Å². The minimum absolute atomic E-state index is 0.00819. The molecule has 0 spiro atoms. The van der Waals surface area contributed by atoms with Crippen LogP contribution < -0.4 is 10.2 Å². The van der Waals surface area contributed by atoms with Crippen molar-refractivity contribution in [1.29, 1.82) is 0 Å². The summed E-state index contributed by atoms with van der Waals surface area (Å²) >= 11 is 0. The van der Waals surface area contributed by atoms with Gasteiger partial charge in [-0.2, -0.15) is 0 Å². The molecular weight excluding hydrogens is 924 g/mol. The lowest BCUT2D eigenvalue weighted by Gasteiger charge is -2.29. The molecule has 3 unspecified atom stereocenters. The number of quaternary nitrogens is 1. The van der Waals surface area contributed by atoms with Gasteiger partial charge in [-0.1, -0.05) is 279 Å². The maximum Gasteiger partial charge on any atom is 0.268 e. The molecule has 0 aromatic rings. The third kappa shape index (κ3) is 57.5. The molecule has 0 rings (SSSR count). The first kappa shape index (κ1) is 70.9. The minimum Gasteiger partial charge on any atom is -0.756 e. The summed E-state index contributed by atoms with van der Waals surface area (Å²) in [6.45, 7) is 4.54. The van der Waals surface area contributed by atoms with E-state index in [0.717, 1.165) is 89.9 Å². The van der Waals surface area contributed by atoms with Gasteiger partial charge in [-0.15, -0.1) is 0 Å². The van der Waals surface area contributed by atoms with E-state index in [4.69, 9.17) is 9.05 Å². The van der Waals surface area contributed by atoms with Crippen molar-refractivity contribution in [3.8, 4) is 0 Å². The van der Waals surface area contributed by atoms with E-state index < -0.39 is 26.6 Å². The topological polar surface area (TPSA) is 108 Å². The van der Waals surface area contributed by atoms with Crippen molar-refractivity contribution in [2.45, 2.75) is 289 Å². The molecule has 9 heteroatoms. The van der Waals surface area contributed by atoms with Gasteiger partial charge in [-0.05, 0) is 64.2 Å². The number of phosphoric acid groups is 1. The SMILES string of the molecule is CC/C=C\C/C=C\C/C=C\C/C=C\C/C=C\CCCCCCCC(=O)NC(COP(=O)([O-])OCC[N+](C)(C)C)C(O)/C=C/CCCCCCCCCCCCCCCCCCCCCCCCCCCCCC. The van der Waals surface area contributed by atoms with Crippen LogP contribution in [0.2, 0.25) is 0 Å². The van der Waals surface area contributed by atoms with Crippen LogP contribution >= 0.6 is 7.82 Å². The number of unbranched alkanes of at least 4 members (excludes halogenated alkanes) is 33. The van der Waals surface area contributed by atoms with Crippen molar-refractivity contribution in [1.82, 2.24) is 5.32 Å². The highest BCUT2D eigenvalue weighted by Gasteiger charge is 2.23. The molecule has 426 valence electrons. The van der Waals surface area contributed by atoms with Crippen molar-refractivity contribution in [3.63, 3.8) is 0 Å². The van der Waals surface area contributed by atoms with Crippen molar-refractivity contribution >= 4 is 13.7 Å². The van der Waals surface area contributed by atoms with E-state index in [1.165, 1.54) is 167 Å². The standard InChI is InChI=1S/C64H119N2O6P/c1-6-8-10-12-14-16-18-20-22-24-26-28-29-30-31-32-33-34-35-36-38-39-41-43-45-47-49-51-53-55-57-63(67)62(61-72-73(69,70)71-60-59-66(3,4)5)65-64(68)58-56-54-52-50-48-46-44-42-40-37-27-25-23-21-19-17-15-13-11-9-7-2/h9,11,15,17,21,23,27,37,42,44,55,57,62-63,67H,6-8,10,12-14,16,18-20,22,24-26,28-36,38-41,43,45-54,56,58-61H2,1-5H3,(H-,65,68,69,70)/b11-9-,17-15-,23-21-,37-27-,44-42-,57-55+. The number of nitrogens with one attached hydrogen (secondary N) is 1. The normalized spacial score (nSPS) is 14.3. The Morgan fingerprint density at radius 3 is 1.22 bits per heavy atom. The van der Waals surface area contributed by atoms with Crippen LogP contribution in [0.1, 0.15) is 277 Å². The zero-order chi connectivity index (χ0) is 53.5. The minimum atomic E-state index is -4.61. The van der Waals surface area contributed by atoms with Crippen molar-refractivity contribution in [2.24, 2.45) is 0 Å². The Labute approximate surface area is 453 Å². The van der Waals surface area contributed by atoms with Gasteiger partial charge >= 0.3 is 0 Å². The molecule has 0 heterocycles. The Bertz CT molecular complexity index is 1420. The van der Waals surface area contributed by atoms with Crippen molar-refractivity contribution in [2.75, 3.05) is 40.9 Å². The number of allylic oxidation sites excluding steroid dienone is 11. The number of hydrogen-bond donors (Lipinski definition) is 2. The fourth-order valence-electron chi connectivity index (χ4n) is 8.89. The molecule has 0 bridgehead atoms. The summed E-state index contributed by atoms with van der Waals surface area (Å²) in [4.78, 5) is 25.5. The van der Waals surface area contributed by atoms with Gasteiger partial charge in [0, 0.05) is 6.42 Å². The highest BCUT2D eigenvalue weighted by Crippen LogP contribution is 2.38. The summed E-state index contributed by atoms with van der Waals surface area (Å²) in [5.74, 6) is -0.216. The summed E-state index contributed by atoms with van der Waals surface area (Å²) in [6.07, 6.45) is 75.7. The van der Waals surface area contributed by atoms with Crippen LogP contribution in [-0.2, 0) is 18.4 Å². The number of rotatable bonds is 56. The molecule has 0 aromatic carbocycles. The molecule has 1 amide bonds. The number of aliphatic hydroxyl groups is 1. The summed E-state index contributed by atoms with van der Waals surface area (Å²) in [5, 5.41) is 13.9. The van der Waals surface area contributed by atoms with Gasteiger partial charge in [-0.3, -0.25) is 9.36 Å². The molecule has 0 aliphatic rings. The number of amides is 1. The van der Waals surface area contributed by atoms with E-state index in [0.29, 0.717) is 17.4 Å². The van der Waals surface area contributed by atoms with E-state index in [1.807, 2.05) is 27.2 Å². The maximum atomic E-state index is 13.0. The first-order chi connectivity index (χ1) is 35.5. The number of hydrogen-bond acceptors (Lipinski definition) is 6. The van der Waals surface area contributed by atoms with Crippen LogP contribution in [0, 0.1) is 0 Å². The fraction of sp³-hybridized carbons (Fsp3) is 0.797. The van der Waals surface area contributed by atoms with Gasteiger partial charge in [0.25, 0.3) is 7.82 Å². The van der Waals surface area contributed by atoms with E-state index in [-0.39, 0.29) is 12.5 Å². The van der Waals surface area contributed by atoms with Crippen LogP contribution in [0.5, 0.6) is 0 Å². The first-order valence-electron chi connectivity index (χ1n) is 30.8. The van der Waals surface area contributed by atoms with Crippen LogP contribution in [0.3, 0.4) is 0 Å². The molecule has 0 aliphatic heterocycles. The van der Waals surface area contributed by atoms with Gasteiger partial charge in [0.15, 0.2) is 0 Å². The third-order valence-corrected chi connectivity index (χ3v) is 14.6. The van der Waals surface area contributed by atoms with Gasteiger partial charge in [-0.25, -0.2) is 0 Å². The number of carbonyl (C=O) groups excluding carboxylic acids is 1. The average molecular weight is 1040 g/mol. The fourth-order valence-corrected chi connectivity index (χ4v) is 9.61. The summed E-state index contributed by atoms with van der Waals surface area (Å²) in [5.41, 5.74) is 0. The second-order valence-electron chi connectivity index (χ2n) is 22.0. The highest BCUT2D eigenvalue weighted by atomic mass is 31.2. The summed E-state index contributed by atoms with van der Waals surface area (Å²) in [7, 11) is 1.24. The Morgan fingerprint density at radius 2 is 0.836 bits per heavy atom. The largest absolute Gasteiger partial charge is 0.756 e. The number of carbonyl (C=O) groups is 1. The number of likely N-dealkylation sites (N-methyl/N-ethyl adjacent to an activating group) is 1. The number of nitrogens with zero attached hydrogens (tertiary/aromatic N) is 1. The molecule has 0 saturated carbocycles. The van der Waals surface area contributed by atoms with E-state index in [1.54, 1.807) is 6.08 Å². The van der Waals surface area contributed by atoms with Gasteiger partial charge in [0.2, 0.25) is 5.91 Å². The predicted octanol–water partition coefficient (Wildman–Crippen LogP) is 18.4. The highest BCUT2D eigenvalue weighted by molar-refractivity contribution is 7.45. The lowest BCUT2D eigenvalue weighted by Crippen LogP contribution is -2.45. The quantitative estimate of drug-likeness (QED) is 0.0272. The zero-order valence-corrected chi connectivity index (χ0v) is 49.5. The smallest absolute Gasteiger partial charge is 0.268 e. The lowest BCUT2D eigenvalue weighted by atomic mass is 10.0. The Morgan fingerprint density at radius 1 is 0.493 bits per heavy atom. The first-order valence-corrected chi connectivity index (χ1v) is 32.3. The second-order valence-corrected chi connectivity index (χ2v) is 23.4.